The Kier molecular flexibility index (Phi) is 3.80. The molecule has 4 heteroatoms. The summed E-state index contributed by atoms with van der Waals surface area (Å²) in [4.78, 5) is 11.1. The number of carboxylic acid groups (broad SMARTS) is 1. The highest BCUT2D eigenvalue weighted by molar-refractivity contribution is 5.73. The first-order valence-corrected chi connectivity index (χ1v) is 6.57. The van der Waals surface area contributed by atoms with Crippen LogP contribution in [0.25, 0.3) is 0 Å². The Morgan fingerprint density at radius 1 is 1.47 bits per heavy atom. The van der Waals surface area contributed by atoms with Gasteiger partial charge in [0.15, 0.2) is 0 Å². The van der Waals surface area contributed by atoms with Gasteiger partial charge in [-0.3, -0.25) is 4.79 Å². The van der Waals surface area contributed by atoms with Crippen molar-refractivity contribution in [1.82, 2.24) is 0 Å². The van der Waals surface area contributed by atoms with Gasteiger partial charge in [0.25, 0.3) is 0 Å². The van der Waals surface area contributed by atoms with Crippen LogP contribution in [-0.4, -0.2) is 22.8 Å². The minimum absolute atomic E-state index is 0.196. The Labute approximate surface area is 113 Å². The third kappa shape index (κ3) is 3.07. The zero-order chi connectivity index (χ0) is 14.0. The molecule has 0 saturated heterocycles. The number of aliphatic carboxylic acids is 1. The first-order chi connectivity index (χ1) is 8.90. The summed E-state index contributed by atoms with van der Waals surface area (Å²) in [5.41, 5.74) is 0.917. The van der Waals surface area contributed by atoms with Crippen LogP contribution >= 0.6 is 0 Å². The molecule has 1 aliphatic rings. The Morgan fingerprint density at radius 2 is 2.21 bits per heavy atom. The molecule has 1 aromatic rings. The second-order valence-electron chi connectivity index (χ2n) is 5.73. The summed E-state index contributed by atoms with van der Waals surface area (Å²) in [6.07, 6.45) is 1.35. The van der Waals surface area contributed by atoms with Gasteiger partial charge in [-0.2, -0.15) is 0 Å². The molecule has 1 atom stereocenters. The van der Waals surface area contributed by atoms with Gasteiger partial charge in [0.2, 0.25) is 0 Å². The van der Waals surface area contributed by atoms with E-state index in [9.17, 15) is 9.90 Å². The SMILES string of the molecule is CC(C)(CC(O)c1ccc2c(c1)CCCO2)C(=O)O. The third-order valence-electron chi connectivity index (χ3n) is 3.60. The third-order valence-corrected chi connectivity index (χ3v) is 3.60. The number of fused-ring (bicyclic) bond motifs is 1. The largest absolute Gasteiger partial charge is 0.493 e. The molecule has 4 nitrogen and oxygen atoms in total. The van der Waals surface area contributed by atoms with E-state index < -0.39 is 17.5 Å². The molecule has 0 amide bonds. The molecule has 0 radical (unpaired) electrons. The summed E-state index contributed by atoms with van der Waals surface area (Å²) in [5, 5.41) is 19.3. The Hall–Kier alpha value is -1.55. The second kappa shape index (κ2) is 5.21. The van der Waals surface area contributed by atoms with Gasteiger partial charge >= 0.3 is 5.97 Å². The van der Waals surface area contributed by atoms with Crippen molar-refractivity contribution in [3.8, 4) is 5.75 Å². The molecule has 19 heavy (non-hydrogen) atoms. The van der Waals surface area contributed by atoms with E-state index in [2.05, 4.69) is 0 Å². The average Bonchev–Trinajstić information content (AvgIpc) is 2.37. The minimum atomic E-state index is -0.939. The lowest BCUT2D eigenvalue weighted by Crippen LogP contribution is -2.26. The van der Waals surface area contributed by atoms with Gasteiger partial charge in [0.05, 0.1) is 18.1 Å². The molecule has 1 heterocycles. The van der Waals surface area contributed by atoms with Crippen LogP contribution < -0.4 is 4.74 Å². The molecular weight excluding hydrogens is 244 g/mol. The van der Waals surface area contributed by atoms with Crippen LogP contribution in [0, 0.1) is 5.41 Å². The summed E-state index contributed by atoms with van der Waals surface area (Å²) in [6, 6.07) is 5.60. The first kappa shape index (κ1) is 13.9. The number of hydrogen-bond acceptors (Lipinski definition) is 3. The van der Waals surface area contributed by atoms with E-state index >= 15 is 0 Å². The smallest absolute Gasteiger partial charge is 0.309 e. The molecule has 0 fully saturated rings. The van der Waals surface area contributed by atoms with E-state index in [1.165, 1.54) is 0 Å². The standard InChI is InChI=1S/C15H20O4/c1-15(2,14(17)18)9-12(16)10-5-6-13-11(8-10)4-3-7-19-13/h5-6,8,12,16H,3-4,7,9H2,1-2H3,(H,17,18). The van der Waals surface area contributed by atoms with Crippen LogP contribution in [0.5, 0.6) is 5.75 Å². The van der Waals surface area contributed by atoms with Crippen molar-refractivity contribution < 1.29 is 19.7 Å². The average molecular weight is 264 g/mol. The summed E-state index contributed by atoms with van der Waals surface area (Å²) in [6.45, 7) is 3.99. The quantitative estimate of drug-likeness (QED) is 0.877. The number of benzene rings is 1. The summed E-state index contributed by atoms with van der Waals surface area (Å²) >= 11 is 0. The predicted octanol–water partition coefficient (Wildman–Crippen LogP) is 2.55. The normalized spacial score (nSPS) is 16.4. The molecule has 0 bridgehead atoms. The van der Waals surface area contributed by atoms with Crippen molar-refractivity contribution in [3.63, 3.8) is 0 Å². The molecule has 1 aromatic carbocycles. The molecule has 0 saturated carbocycles. The fourth-order valence-corrected chi connectivity index (χ4v) is 2.28. The maximum absolute atomic E-state index is 11.1. The monoisotopic (exact) mass is 264 g/mol. The van der Waals surface area contributed by atoms with Crippen molar-refractivity contribution in [3.05, 3.63) is 29.3 Å². The number of hydrogen-bond donors (Lipinski definition) is 2. The van der Waals surface area contributed by atoms with Crippen molar-refractivity contribution in [2.24, 2.45) is 5.41 Å². The van der Waals surface area contributed by atoms with Gasteiger partial charge in [-0.25, -0.2) is 0 Å². The van der Waals surface area contributed by atoms with E-state index in [1.807, 2.05) is 18.2 Å². The summed E-state index contributed by atoms with van der Waals surface area (Å²) in [7, 11) is 0. The zero-order valence-electron chi connectivity index (χ0n) is 11.3. The van der Waals surface area contributed by atoms with Crippen molar-refractivity contribution in [2.75, 3.05) is 6.61 Å². The molecule has 2 N–H and O–H groups in total. The summed E-state index contributed by atoms with van der Waals surface area (Å²) < 4.78 is 5.52. The highest BCUT2D eigenvalue weighted by Crippen LogP contribution is 2.33. The van der Waals surface area contributed by atoms with Crippen LogP contribution in [0.2, 0.25) is 0 Å². The molecule has 1 unspecified atom stereocenters. The van der Waals surface area contributed by atoms with E-state index in [0.29, 0.717) is 0 Å². The number of ether oxygens (including phenoxy) is 1. The molecule has 1 aliphatic heterocycles. The lowest BCUT2D eigenvalue weighted by Gasteiger charge is -2.24. The number of rotatable bonds is 4. The molecular formula is C15H20O4. The zero-order valence-corrected chi connectivity index (χ0v) is 11.3. The van der Waals surface area contributed by atoms with Gasteiger partial charge in [0, 0.05) is 0 Å². The second-order valence-corrected chi connectivity index (χ2v) is 5.73. The lowest BCUT2D eigenvalue weighted by atomic mass is 9.84. The topological polar surface area (TPSA) is 66.8 Å². The van der Waals surface area contributed by atoms with Crippen LogP contribution in [0.4, 0.5) is 0 Å². The number of aliphatic hydroxyl groups is 1. The van der Waals surface area contributed by atoms with Gasteiger partial charge in [-0.15, -0.1) is 0 Å². The van der Waals surface area contributed by atoms with Gasteiger partial charge in [-0.05, 0) is 56.4 Å². The van der Waals surface area contributed by atoms with Crippen molar-refractivity contribution >= 4 is 5.97 Å². The van der Waals surface area contributed by atoms with Crippen LogP contribution in [0.15, 0.2) is 18.2 Å². The molecule has 2 rings (SSSR count). The Morgan fingerprint density at radius 3 is 2.89 bits per heavy atom. The fraction of sp³-hybridized carbons (Fsp3) is 0.533. The van der Waals surface area contributed by atoms with Gasteiger partial charge in [-0.1, -0.05) is 6.07 Å². The Bertz CT molecular complexity index is 479. The highest BCUT2D eigenvalue weighted by atomic mass is 16.5. The van der Waals surface area contributed by atoms with Crippen LogP contribution in [0.1, 0.15) is 43.9 Å². The number of aliphatic hydroxyl groups excluding tert-OH is 1. The molecule has 0 spiro atoms. The number of carboxylic acids is 1. The predicted molar refractivity (Wildman–Crippen MR) is 71.3 cm³/mol. The minimum Gasteiger partial charge on any atom is -0.493 e. The maximum Gasteiger partial charge on any atom is 0.309 e. The molecule has 104 valence electrons. The van der Waals surface area contributed by atoms with E-state index in [-0.39, 0.29) is 6.42 Å². The number of carbonyl (C=O) groups is 1. The van der Waals surface area contributed by atoms with Crippen molar-refractivity contribution in [2.45, 2.75) is 39.2 Å². The Balaban J connectivity index is 2.15. The lowest BCUT2D eigenvalue weighted by molar-refractivity contribution is -0.148. The highest BCUT2D eigenvalue weighted by Gasteiger charge is 2.30. The van der Waals surface area contributed by atoms with E-state index in [4.69, 9.17) is 9.84 Å². The first-order valence-electron chi connectivity index (χ1n) is 6.57. The van der Waals surface area contributed by atoms with Crippen LogP contribution in [0.3, 0.4) is 0 Å². The van der Waals surface area contributed by atoms with Crippen LogP contribution in [-0.2, 0) is 11.2 Å². The number of aryl methyl sites for hydroxylation is 1. The van der Waals surface area contributed by atoms with Gasteiger partial charge in [0.1, 0.15) is 5.75 Å². The summed E-state index contributed by atoms with van der Waals surface area (Å²) in [5.74, 6) is -0.0208. The van der Waals surface area contributed by atoms with Crippen molar-refractivity contribution in [1.29, 1.82) is 0 Å². The van der Waals surface area contributed by atoms with E-state index in [0.717, 1.165) is 36.3 Å². The maximum atomic E-state index is 11.1. The fourth-order valence-electron chi connectivity index (χ4n) is 2.28. The molecule has 0 aromatic heterocycles. The van der Waals surface area contributed by atoms with Gasteiger partial charge < -0.3 is 14.9 Å². The molecule has 0 aliphatic carbocycles. The van der Waals surface area contributed by atoms with E-state index in [1.54, 1.807) is 13.8 Å².